The van der Waals surface area contributed by atoms with Crippen LogP contribution < -0.4 is 0 Å². The maximum absolute atomic E-state index is 10.4. The van der Waals surface area contributed by atoms with Gasteiger partial charge in [-0.25, -0.2) is 0 Å². The van der Waals surface area contributed by atoms with Crippen molar-refractivity contribution in [3.63, 3.8) is 0 Å². The molecule has 2 rings (SSSR count). The average Bonchev–Trinajstić information content (AvgIpc) is 2.82. The molecule has 0 aromatic heterocycles. The molecule has 2 heteroatoms. The van der Waals surface area contributed by atoms with E-state index in [1.807, 2.05) is 0 Å². The molecule has 1 nitrogen and oxygen atoms in total. The zero-order valence-corrected chi connectivity index (χ0v) is 8.44. The second-order valence-corrected chi connectivity index (χ2v) is 2.11. The summed E-state index contributed by atoms with van der Waals surface area (Å²) < 4.78 is 0. The first-order valence-corrected chi connectivity index (χ1v) is 3.53. The van der Waals surface area contributed by atoms with Gasteiger partial charge in [0.1, 0.15) is 0 Å². The molecule has 74 valence electrons. The van der Waals surface area contributed by atoms with Gasteiger partial charge in [0.05, 0.1) is 0 Å². The Morgan fingerprint density at radius 3 is 1.79 bits per heavy atom. The first-order chi connectivity index (χ1) is 6.30. The van der Waals surface area contributed by atoms with E-state index >= 15 is 0 Å². The Morgan fingerprint density at radius 2 is 1.57 bits per heavy atom. The van der Waals surface area contributed by atoms with Crippen molar-refractivity contribution >= 4 is 5.78 Å². The van der Waals surface area contributed by atoms with Crippen LogP contribution in [0.25, 0.3) is 0 Å². The van der Waals surface area contributed by atoms with Crippen LogP contribution in [0.2, 0.25) is 0 Å². The summed E-state index contributed by atoms with van der Waals surface area (Å²) in [6, 6.07) is 22.1. The molecule has 0 spiro atoms. The second kappa shape index (κ2) is 7.31. The van der Waals surface area contributed by atoms with Gasteiger partial charge < -0.3 is 65.0 Å². The molecule has 2 aromatic rings. The molecule has 0 aliphatic rings. The summed E-state index contributed by atoms with van der Waals surface area (Å²) in [5.74, 6) is -0.0394. The van der Waals surface area contributed by atoms with E-state index in [2.05, 4.69) is 48.5 Å². The first kappa shape index (κ1) is 12.9. The predicted octanol–water partition coefficient (Wildman–Crippen LogP) is 1.41. The molecule has 0 aliphatic carbocycles. The molecule has 0 unspecified atom stereocenters. The SMILES string of the molecule is CC(=O)[c-]1[c-][c-][c-][c-]1.[Fe+2].[c-]1[c-][c-][cH-][c-]1. The fraction of sp³-hybridized carbons (Fsp3) is 0.0833. The van der Waals surface area contributed by atoms with Gasteiger partial charge in [-0.3, -0.25) is 5.78 Å². The van der Waals surface area contributed by atoms with Crippen LogP contribution in [0.3, 0.4) is 0 Å². The summed E-state index contributed by atoms with van der Waals surface area (Å²) >= 11 is 0. The minimum atomic E-state index is -0.0394. The number of hydrogen-bond acceptors (Lipinski definition) is 1. The molecule has 0 saturated carbocycles. The molecule has 0 radical (unpaired) electrons. The van der Waals surface area contributed by atoms with Crippen molar-refractivity contribution in [2.45, 2.75) is 6.92 Å². The normalized spacial score (nSPS) is 8.07. The Balaban J connectivity index is 0.000000246. The fourth-order valence-electron chi connectivity index (χ4n) is 0.575. The Kier molecular flexibility index (Phi) is 6.73. The Hall–Kier alpha value is -1.11. The molecule has 0 atom stereocenters. The molecular weight excluding hydrogens is 216 g/mol. The van der Waals surface area contributed by atoms with Gasteiger partial charge in [0.15, 0.2) is 0 Å². The van der Waals surface area contributed by atoms with Gasteiger partial charge in [-0.05, 0) is 0 Å². The van der Waals surface area contributed by atoms with Crippen LogP contribution in [0.15, 0.2) is 6.07 Å². The van der Waals surface area contributed by atoms with E-state index in [1.165, 1.54) is 6.92 Å². The molecule has 0 N–H and O–H groups in total. The standard InChI is InChI=1S/C7H3O.C5H.Fe/c1-6(8)7-4-2-3-5-7;1-2-4-5-3-1;/h1H3;1H;/q2*-5;+2. The minimum absolute atomic E-state index is 0. The summed E-state index contributed by atoms with van der Waals surface area (Å²) in [5.41, 5.74) is 0.435. The molecule has 0 aliphatic heterocycles. The summed E-state index contributed by atoms with van der Waals surface area (Å²) in [4.78, 5) is 10.4. The molecule has 0 heterocycles. The van der Waals surface area contributed by atoms with E-state index in [1.54, 1.807) is 6.07 Å². The topological polar surface area (TPSA) is 17.1 Å². The average molecular weight is 220 g/mol. The molecule has 0 amide bonds. The zero-order chi connectivity index (χ0) is 9.52. The molecule has 2 aromatic carbocycles. The quantitative estimate of drug-likeness (QED) is 0.403. The van der Waals surface area contributed by atoms with Gasteiger partial charge in [0.2, 0.25) is 0 Å². The molecule has 0 fully saturated rings. The summed E-state index contributed by atoms with van der Waals surface area (Å²) in [5, 5.41) is 0. The third-order valence-electron chi connectivity index (χ3n) is 1.14. The van der Waals surface area contributed by atoms with Crippen molar-refractivity contribution in [3.8, 4) is 0 Å². The summed E-state index contributed by atoms with van der Waals surface area (Å²) in [6.45, 7) is 1.46. The van der Waals surface area contributed by atoms with Gasteiger partial charge >= 0.3 is 17.1 Å². The minimum Gasteiger partial charge on any atom is -0.999 e. The van der Waals surface area contributed by atoms with Crippen molar-refractivity contribution in [3.05, 3.63) is 60.2 Å². The maximum Gasteiger partial charge on any atom is 2.00 e. The Labute approximate surface area is 95.0 Å². The predicted molar refractivity (Wildman–Crippen MR) is 44.8 cm³/mol. The molecule has 14 heavy (non-hydrogen) atoms. The third kappa shape index (κ3) is 4.80. The van der Waals surface area contributed by atoms with Gasteiger partial charge in [-0.2, -0.15) is 0 Å². The number of ketones is 1. The molecule has 0 bridgehead atoms. The van der Waals surface area contributed by atoms with E-state index in [4.69, 9.17) is 0 Å². The van der Waals surface area contributed by atoms with Crippen molar-refractivity contribution in [2.24, 2.45) is 0 Å². The smallest absolute Gasteiger partial charge is 0.999 e. The molecular formula is C12H4FeO-8. The van der Waals surface area contributed by atoms with Crippen LogP contribution in [0.1, 0.15) is 17.3 Å². The van der Waals surface area contributed by atoms with Gasteiger partial charge in [-0.1, -0.05) is 0 Å². The number of hydrogen-bond donors (Lipinski definition) is 0. The molecule has 0 saturated heterocycles. The van der Waals surface area contributed by atoms with E-state index in [0.29, 0.717) is 5.56 Å². The van der Waals surface area contributed by atoms with E-state index in [0.717, 1.165) is 0 Å². The summed E-state index contributed by atoms with van der Waals surface area (Å²) in [6.07, 6.45) is 0. The van der Waals surface area contributed by atoms with Crippen molar-refractivity contribution in [1.82, 2.24) is 0 Å². The Bertz CT molecular complexity index is 302. The van der Waals surface area contributed by atoms with Crippen LogP contribution >= 0.6 is 0 Å². The van der Waals surface area contributed by atoms with Crippen molar-refractivity contribution in [1.29, 1.82) is 0 Å². The van der Waals surface area contributed by atoms with E-state index in [-0.39, 0.29) is 22.9 Å². The number of rotatable bonds is 1. The third-order valence-corrected chi connectivity index (χ3v) is 1.14. The van der Waals surface area contributed by atoms with Gasteiger partial charge in [-0.15, -0.1) is 6.92 Å². The van der Waals surface area contributed by atoms with Crippen LogP contribution in [-0.2, 0) is 17.1 Å². The number of carbonyl (C=O) groups excluding carboxylic acids is 1. The summed E-state index contributed by atoms with van der Waals surface area (Å²) in [7, 11) is 0. The van der Waals surface area contributed by atoms with Crippen molar-refractivity contribution < 1.29 is 21.9 Å². The van der Waals surface area contributed by atoms with E-state index < -0.39 is 0 Å². The van der Waals surface area contributed by atoms with Crippen LogP contribution in [-0.4, -0.2) is 5.78 Å². The van der Waals surface area contributed by atoms with E-state index in [9.17, 15) is 4.79 Å². The monoisotopic (exact) mass is 220 g/mol. The van der Waals surface area contributed by atoms with Gasteiger partial charge in [0, 0.05) is 0 Å². The van der Waals surface area contributed by atoms with Crippen LogP contribution in [0.5, 0.6) is 0 Å². The fourth-order valence-corrected chi connectivity index (χ4v) is 0.575. The van der Waals surface area contributed by atoms with Crippen LogP contribution in [0.4, 0.5) is 0 Å². The van der Waals surface area contributed by atoms with Crippen molar-refractivity contribution in [2.75, 3.05) is 0 Å². The maximum atomic E-state index is 10.4. The van der Waals surface area contributed by atoms with Gasteiger partial charge in [0.25, 0.3) is 0 Å². The zero-order valence-electron chi connectivity index (χ0n) is 7.34. The number of carbonyl (C=O) groups is 1. The second-order valence-electron chi connectivity index (χ2n) is 2.11. The first-order valence-electron chi connectivity index (χ1n) is 3.53. The largest absolute Gasteiger partial charge is 2.00 e. The Morgan fingerprint density at radius 1 is 1.07 bits per heavy atom. The van der Waals surface area contributed by atoms with Crippen LogP contribution in [0, 0.1) is 48.5 Å². The number of Topliss-reactive ketones (excluding diaryl/α,β-unsaturated/α-hetero) is 1.